The van der Waals surface area contributed by atoms with Crippen LogP contribution in [0.3, 0.4) is 0 Å². The Morgan fingerprint density at radius 1 is 1.03 bits per heavy atom. The first-order valence-corrected chi connectivity index (χ1v) is 10.2. The predicted octanol–water partition coefficient (Wildman–Crippen LogP) is 1.40. The van der Waals surface area contributed by atoms with Gasteiger partial charge in [-0.2, -0.15) is 10.1 Å². The number of imidazole rings is 1. The lowest BCUT2D eigenvalue weighted by Gasteiger charge is -2.11. The van der Waals surface area contributed by atoms with Gasteiger partial charge in [0.1, 0.15) is 5.75 Å². The molecule has 32 heavy (non-hydrogen) atoms. The van der Waals surface area contributed by atoms with Crippen LogP contribution in [0.4, 0.5) is 0 Å². The van der Waals surface area contributed by atoms with Crippen molar-refractivity contribution in [2.45, 2.75) is 26.9 Å². The van der Waals surface area contributed by atoms with E-state index in [2.05, 4.69) is 10.1 Å². The minimum absolute atomic E-state index is 0.135. The average molecular weight is 438 g/mol. The first-order chi connectivity index (χ1) is 15.3. The van der Waals surface area contributed by atoms with Crippen molar-refractivity contribution in [1.82, 2.24) is 28.5 Å². The fourth-order valence-corrected chi connectivity index (χ4v) is 3.80. The van der Waals surface area contributed by atoms with E-state index in [1.54, 1.807) is 42.6 Å². The highest BCUT2D eigenvalue weighted by atomic mass is 16.5. The summed E-state index contributed by atoms with van der Waals surface area (Å²) in [4.78, 5) is 31.3. The lowest BCUT2D eigenvalue weighted by Crippen LogP contribution is -2.40. The van der Waals surface area contributed by atoms with E-state index < -0.39 is 11.2 Å². The third-order valence-electron chi connectivity index (χ3n) is 5.43. The molecule has 168 valence electrons. The van der Waals surface area contributed by atoms with Crippen molar-refractivity contribution in [2.24, 2.45) is 7.05 Å². The topological polar surface area (TPSA) is 98.1 Å². The highest BCUT2D eigenvalue weighted by Crippen LogP contribution is 2.18. The highest BCUT2D eigenvalue weighted by molar-refractivity contribution is 5.72. The zero-order chi connectivity index (χ0) is 23.0. The number of aromatic nitrogens is 6. The van der Waals surface area contributed by atoms with Crippen molar-refractivity contribution in [3.8, 4) is 11.7 Å². The molecule has 0 amide bonds. The van der Waals surface area contributed by atoms with Gasteiger partial charge >= 0.3 is 5.69 Å². The van der Waals surface area contributed by atoms with Crippen LogP contribution >= 0.6 is 0 Å². The molecule has 4 rings (SSSR count). The van der Waals surface area contributed by atoms with Gasteiger partial charge in [-0.15, -0.1) is 0 Å². The van der Waals surface area contributed by atoms with Crippen molar-refractivity contribution in [2.75, 3.05) is 20.8 Å². The molecule has 0 saturated heterocycles. The summed E-state index contributed by atoms with van der Waals surface area (Å²) in [5.74, 6) is 1.17. The molecule has 0 radical (unpaired) electrons. The zero-order valence-electron chi connectivity index (χ0n) is 18.8. The van der Waals surface area contributed by atoms with Crippen LogP contribution in [0, 0.1) is 13.8 Å². The van der Waals surface area contributed by atoms with Crippen LogP contribution < -0.4 is 16.0 Å². The van der Waals surface area contributed by atoms with E-state index in [0.29, 0.717) is 36.0 Å². The summed E-state index contributed by atoms with van der Waals surface area (Å²) in [7, 11) is 4.80. The SMILES string of the molecule is COCCn1c(-n2nc(C)cc2C)nc2c1c(=O)n(Cc1ccc(OC)cc1)c(=O)n2C. The Hall–Kier alpha value is -3.66. The van der Waals surface area contributed by atoms with Crippen molar-refractivity contribution in [3.05, 3.63) is 68.1 Å². The number of methoxy groups -OCH3 is 2. The summed E-state index contributed by atoms with van der Waals surface area (Å²) in [6.07, 6.45) is 0. The third kappa shape index (κ3) is 3.62. The maximum atomic E-state index is 13.5. The molecule has 0 aliphatic carbocycles. The molecule has 1 aromatic carbocycles. The summed E-state index contributed by atoms with van der Waals surface area (Å²) in [6.45, 7) is 4.70. The van der Waals surface area contributed by atoms with Crippen LogP contribution in [0.2, 0.25) is 0 Å². The molecule has 10 heteroatoms. The fraction of sp³-hybridized carbons (Fsp3) is 0.364. The summed E-state index contributed by atoms with van der Waals surface area (Å²) in [6, 6.07) is 9.19. The first-order valence-electron chi connectivity index (χ1n) is 10.2. The number of fused-ring (bicyclic) bond motifs is 1. The number of hydrogen-bond acceptors (Lipinski definition) is 6. The quantitative estimate of drug-likeness (QED) is 0.433. The maximum absolute atomic E-state index is 13.5. The van der Waals surface area contributed by atoms with Gasteiger partial charge < -0.3 is 14.0 Å². The Bertz CT molecular complexity index is 1390. The molecule has 0 spiro atoms. The zero-order valence-corrected chi connectivity index (χ0v) is 18.8. The molecule has 0 fully saturated rings. The van der Waals surface area contributed by atoms with Gasteiger partial charge in [0.2, 0.25) is 5.95 Å². The standard InChI is InChI=1S/C22H26N6O4/c1-14-12-15(2)28(24-14)21-23-19-18(26(21)10-11-31-4)20(29)27(22(30)25(19)3)13-16-6-8-17(32-5)9-7-16/h6-9,12H,10-11,13H2,1-5H3. The van der Waals surface area contributed by atoms with E-state index >= 15 is 0 Å². The van der Waals surface area contributed by atoms with Crippen LogP contribution in [-0.2, 0) is 24.9 Å². The van der Waals surface area contributed by atoms with Gasteiger partial charge in [0, 0.05) is 26.4 Å². The fourth-order valence-electron chi connectivity index (χ4n) is 3.80. The van der Waals surface area contributed by atoms with E-state index in [4.69, 9.17) is 9.47 Å². The number of aryl methyl sites for hydroxylation is 3. The summed E-state index contributed by atoms with van der Waals surface area (Å²) >= 11 is 0. The Balaban J connectivity index is 1.95. The minimum Gasteiger partial charge on any atom is -0.497 e. The van der Waals surface area contributed by atoms with Gasteiger partial charge in [-0.1, -0.05) is 12.1 Å². The van der Waals surface area contributed by atoms with Gasteiger partial charge in [0.05, 0.1) is 26.0 Å². The second-order valence-electron chi connectivity index (χ2n) is 7.65. The first kappa shape index (κ1) is 21.6. The Labute approximate surface area is 184 Å². The van der Waals surface area contributed by atoms with E-state index in [9.17, 15) is 9.59 Å². The van der Waals surface area contributed by atoms with Crippen LogP contribution in [0.1, 0.15) is 17.0 Å². The number of benzene rings is 1. The number of nitrogens with zero attached hydrogens (tertiary/aromatic N) is 6. The van der Waals surface area contributed by atoms with E-state index in [1.807, 2.05) is 32.0 Å². The van der Waals surface area contributed by atoms with Crippen molar-refractivity contribution < 1.29 is 9.47 Å². The second kappa shape index (κ2) is 8.46. The Kier molecular flexibility index (Phi) is 5.70. The molecule has 0 saturated carbocycles. The third-order valence-corrected chi connectivity index (χ3v) is 5.43. The molecule has 4 aromatic rings. The van der Waals surface area contributed by atoms with E-state index in [0.717, 1.165) is 17.0 Å². The summed E-state index contributed by atoms with van der Waals surface area (Å²) in [5.41, 5.74) is 2.32. The molecule has 3 aromatic heterocycles. The maximum Gasteiger partial charge on any atom is 0.332 e. The number of rotatable bonds is 7. The van der Waals surface area contributed by atoms with Gasteiger partial charge in [-0.3, -0.25) is 13.9 Å². The van der Waals surface area contributed by atoms with Crippen molar-refractivity contribution in [3.63, 3.8) is 0 Å². The largest absolute Gasteiger partial charge is 0.497 e. The molecule has 0 unspecified atom stereocenters. The van der Waals surface area contributed by atoms with Gasteiger partial charge in [0.15, 0.2) is 11.2 Å². The predicted molar refractivity (Wildman–Crippen MR) is 120 cm³/mol. The van der Waals surface area contributed by atoms with E-state index in [-0.39, 0.29) is 6.54 Å². The molecule has 0 N–H and O–H groups in total. The molecule has 3 heterocycles. The molecular formula is C22H26N6O4. The number of ether oxygens (including phenoxy) is 2. The van der Waals surface area contributed by atoms with Gasteiger partial charge in [-0.05, 0) is 37.6 Å². The van der Waals surface area contributed by atoms with Crippen LogP contribution in [0.25, 0.3) is 17.1 Å². The normalized spacial score (nSPS) is 11.4. The molecule has 0 bridgehead atoms. The molecule has 0 aliphatic rings. The summed E-state index contributed by atoms with van der Waals surface area (Å²) < 4.78 is 16.5. The Morgan fingerprint density at radius 3 is 2.34 bits per heavy atom. The van der Waals surface area contributed by atoms with Crippen molar-refractivity contribution in [1.29, 1.82) is 0 Å². The molecule has 0 atom stereocenters. The van der Waals surface area contributed by atoms with Crippen molar-refractivity contribution >= 4 is 11.2 Å². The Morgan fingerprint density at radius 2 is 1.75 bits per heavy atom. The van der Waals surface area contributed by atoms with Crippen LogP contribution in [0.15, 0.2) is 39.9 Å². The second-order valence-corrected chi connectivity index (χ2v) is 7.65. The summed E-state index contributed by atoms with van der Waals surface area (Å²) in [5, 5.41) is 4.52. The van der Waals surface area contributed by atoms with E-state index in [1.165, 1.54) is 9.13 Å². The number of hydrogen-bond donors (Lipinski definition) is 0. The smallest absolute Gasteiger partial charge is 0.332 e. The lowest BCUT2D eigenvalue weighted by molar-refractivity contribution is 0.188. The van der Waals surface area contributed by atoms with Gasteiger partial charge in [-0.25, -0.2) is 9.48 Å². The average Bonchev–Trinajstić information content (AvgIpc) is 3.33. The van der Waals surface area contributed by atoms with Crippen LogP contribution in [0.5, 0.6) is 5.75 Å². The van der Waals surface area contributed by atoms with Crippen LogP contribution in [-0.4, -0.2) is 49.3 Å². The minimum atomic E-state index is -0.436. The lowest BCUT2D eigenvalue weighted by atomic mass is 10.2. The highest BCUT2D eigenvalue weighted by Gasteiger charge is 2.22. The monoisotopic (exact) mass is 438 g/mol. The van der Waals surface area contributed by atoms with Gasteiger partial charge in [0.25, 0.3) is 5.56 Å². The molecular weight excluding hydrogens is 412 g/mol. The molecule has 0 aliphatic heterocycles. The molecule has 10 nitrogen and oxygen atoms in total.